The lowest BCUT2D eigenvalue weighted by atomic mass is 9.83. The summed E-state index contributed by atoms with van der Waals surface area (Å²) >= 11 is 0. The Bertz CT molecular complexity index is 1380. The minimum Gasteiger partial charge on any atom is -0.374 e. The second-order valence-corrected chi connectivity index (χ2v) is 13.7. The summed E-state index contributed by atoms with van der Waals surface area (Å²) in [5.41, 5.74) is -1.23. The molecule has 0 bridgehead atoms. The molecule has 1 aromatic heterocycles. The smallest absolute Gasteiger partial charge is 0.294 e. The van der Waals surface area contributed by atoms with Gasteiger partial charge < -0.3 is 25.6 Å². The largest absolute Gasteiger partial charge is 0.374 e. The van der Waals surface area contributed by atoms with Crippen molar-refractivity contribution in [3.05, 3.63) is 36.0 Å². The van der Waals surface area contributed by atoms with Crippen LogP contribution in [0.5, 0.6) is 0 Å². The minimum absolute atomic E-state index is 0.0745. The van der Waals surface area contributed by atoms with Crippen molar-refractivity contribution in [1.82, 2.24) is 20.5 Å². The quantitative estimate of drug-likeness (QED) is 0.301. The van der Waals surface area contributed by atoms with E-state index in [0.717, 1.165) is 43.0 Å². The first kappa shape index (κ1) is 28.6. The molecule has 40 heavy (non-hydrogen) atoms. The number of likely N-dealkylation sites (tertiary alicyclic amines) is 1. The normalized spacial score (nSPS) is 26.5. The van der Waals surface area contributed by atoms with Gasteiger partial charge in [0.1, 0.15) is 17.8 Å². The van der Waals surface area contributed by atoms with Crippen LogP contribution in [-0.4, -0.2) is 75.8 Å². The molecule has 6 atom stereocenters. The molecule has 218 valence electrons. The number of nitrogens with one attached hydrogen (secondary N) is 3. The summed E-state index contributed by atoms with van der Waals surface area (Å²) in [5.74, 6) is -1.47. The van der Waals surface area contributed by atoms with Crippen LogP contribution in [0.3, 0.4) is 0 Å². The highest BCUT2D eigenvalue weighted by molar-refractivity contribution is 7.86. The molecule has 2 heterocycles. The third-order valence-electron chi connectivity index (χ3n) is 9.31. The van der Waals surface area contributed by atoms with Crippen molar-refractivity contribution in [1.29, 1.82) is 0 Å². The molecular weight excluding hydrogens is 536 g/mol. The van der Waals surface area contributed by atoms with Crippen LogP contribution in [-0.2, 0) is 19.7 Å². The molecule has 3 amide bonds. The summed E-state index contributed by atoms with van der Waals surface area (Å²) in [7, 11) is -4.79. The number of aliphatic hydroxyl groups is 1. The Kier molecular flexibility index (Phi) is 7.47. The van der Waals surface area contributed by atoms with E-state index in [1.54, 1.807) is 6.07 Å². The van der Waals surface area contributed by atoms with Crippen molar-refractivity contribution < 1.29 is 32.5 Å². The summed E-state index contributed by atoms with van der Waals surface area (Å²) in [6.07, 6.45) is 4.52. The lowest BCUT2D eigenvalue weighted by Crippen LogP contribution is -2.59. The predicted molar refractivity (Wildman–Crippen MR) is 148 cm³/mol. The lowest BCUT2D eigenvalue weighted by molar-refractivity contribution is -0.143. The summed E-state index contributed by atoms with van der Waals surface area (Å²) in [6.45, 7) is 5.67. The number of rotatable bonds is 8. The van der Waals surface area contributed by atoms with E-state index in [9.17, 15) is 32.5 Å². The highest BCUT2D eigenvalue weighted by Crippen LogP contribution is 2.65. The molecule has 1 aliphatic heterocycles. The van der Waals surface area contributed by atoms with Crippen molar-refractivity contribution in [3.63, 3.8) is 0 Å². The molecule has 3 fully saturated rings. The Morgan fingerprint density at radius 2 is 1.77 bits per heavy atom. The molecule has 1 saturated heterocycles. The van der Waals surface area contributed by atoms with Crippen LogP contribution in [0.1, 0.15) is 63.4 Å². The van der Waals surface area contributed by atoms with Crippen LogP contribution in [0.4, 0.5) is 0 Å². The molecular formula is C28H38N4O7S. The van der Waals surface area contributed by atoms with Crippen LogP contribution in [0.2, 0.25) is 0 Å². The van der Waals surface area contributed by atoms with E-state index >= 15 is 0 Å². The number of aromatic amines is 1. The topological polar surface area (TPSA) is 169 Å². The Morgan fingerprint density at radius 3 is 2.42 bits per heavy atom. The van der Waals surface area contributed by atoms with Crippen molar-refractivity contribution in [3.8, 4) is 0 Å². The van der Waals surface area contributed by atoms with Gasteiger partial charge in [-0.05, 0) is 55.1 Å². The molecule has 2 saturated carbocycles. The first-order chi connectivity index (χ1) is 18.8. The number of benzene rings is 1. The third kappa shape index (κ3) is 5.24. The number of H-pyrrole nitrogens is 1. The van der Waals surface area contributed by atoms with E-state index in [2.05, 4.69) is 15.6 Å². The van der Waals surface area contributed by atoms with Gasteiger partial charge in [-0.15, -0.1) is 0 Å². The number of aliphatic hydroxyl groups excluding tert-OH is 1. The first-order valence-corrected chi connectivity index (χ1v) is 15.4. The second-order valence-electron chi connectivity index (χ2n) is 12.2. The number of piperidine rings is 1. The lowest BCUT2D eigenvalue weighted by Gasteiger charge is -2.37. The predicted octanol–water partition coefficient (Wildman–Crippen LogP) is 2.04. The van der Waals surface area contributed by atoms with Gasteiger partial charge in [0.05, 0.1) is 6.04 Å². The summed E-state index contributed by atoms with van der Waals surface area (Å²) in [6, 6.07) is 6.26. The number of hydrogen-bond donors (Lipinski definition) is 5. The number of carbonyl (C=O) groups is 3. The van der Waals surface area contributed by atoms with Gasteiger partial charge in [0.2, 0.25) is 17.3 Å². The van der Waals surface area contributed by atoms with Crippen molar-refractivity contribution in [2.45, 2.75) is 76.4 Å². The zero-order valence-electron chi connectivity index (χ0n) is 23.0. The molecule has 1 aromatic carbocycles. The summed E-state index contributed by atoms with van der Waals surface area (Å²) in [4.78, 5) is 45.7. The van der Waals surface area contributed by atoms with Gasteiger partial charge in [0.15, 0.2) is 0 Å². The number of carbonyl (C=O) groups excluding carboxylic acids is 3. The Balaban J connectivity index is 1.39. The van der Waals surface area contributed by atoms with Gasteiger partial charge in [-0.25, -0.2) is 0 Å². The molecule has 1 unspecified atom stereocenters. The SMILES string of the molecule is C[C@H](NC(=O)[C@@H]1[C@@H]2[C@H](CN1C(=O)[C@@H](NC(=O)c1cc3ccccc3[nH]1)C1CCCCC1)C2(C)C)C(O)S(=O)(=O)O. The molecule has 12 heteroatoms. The van der Waals surface area contributed by atoms with Gasteiger partial charge >= 0.3 is 0 Å². The zero-order chi connectivity index (χ0) is 29.0. The molecule has 5 N–H and O–H groups in total. The molecule has 11 nitrogen and oxygen atoms in total. The van der Waals surface area contributed by atoms with Gasteiger partial charge in [0, 0.05) is 17.4 Å². The van der Waals surface area contributed by atoms with E-state index in [1.807, 2.05) is 38.1 Å². The van der Waals surface area contributed by atoms with Crippen LogP contribution in [0.15, 0.2) is 30.3 Å². The number of para-hydroxylation sites is 1. The number of aromatic nitrogens is 1. The second kappa shape index (κ2) is 10.5. The number of nitrogens with zero attached hydrogens (tertiary/aromatic N) is 1. The van der Waals surface area contributed by atoms with Crippen LogP contribution in [0.25, 0.3) is 10.9 Å². The van der Waals surface area contributed by atoms with Gasteiger partial charge in [0.25, 0.3) is 16.0 Å². The zero-order valence-corrected chi connectivity index (χ0v) is 23.8. The molecule has 0 radical (unpaired) electrons. The van der Waals surface area contributed by atoms with Crippen molar-refractivity contribution in [2.75, 3.05) is 6.54 Å². The van der Waals surface area contributed by atoms with Crippen LogP contribution in [0, 0.1) is 23.2 Å². The van der Waals surface area contributed by atoms with E-state index in [4.69, 9.17) is 0 Å². The minimum atomic E-state index is -4.79. The average Bonchev–Trinajstić information content (AvgIpc) is 3.30. The van der Waals surface area contributed by atoms with Gasteiger partial charge in [-0.3, -0.25) is 18.9 Å². The van der Waals surface area contributed by atoms with Crippen LogP contribution >= 0.6 is 0 Å². The van der Waals surface area contributed by atoms with Gasteiger partial charge in [-0.2, -0.15) is 8.42 Å². The maximum atomic E-state index is 14.2. The van der Waals surface area contributed by atoms with E-state index < -0.39 is 45.5 Å². The Morgan fingerprint density at radius 1 is 1.10 bits per heavy atom. The van der Waals surface area contributed by atoms with E-state index in [0.29, 0.717) is 12.2 Å². The Labute approximate surface area is 233 Å². The average molecular weight is 575 g/mol. The molecule has 5 rings (SSSR count). The maximum absolute atomic E-state index is 14.2. The highest BCUT2D eigenvalue weighted by atomic mass is 32.2. The number of fused-ring (bicyclic) bond motifs is 2. The summed E-state index contributed by atoms with van der Waals surface area (Å²) < 4.78 is 32.0. The maximum Gasteiger partial charge on any atom is 0.294 e. The fourth-order valence-electron chi connectivity index (χ4n) is 6.89. The molecule has 3 aliphatic rings. The molecule has 2 aliphatic carbocycles. The van der Waals surface area contributed by atoms with E-state index in [-0.39, 0.29) is 29.1 Å². The monoisotopic (exact) mass is 574 g/mol. The van der Waals surface area contributed by atoms with Crippen molar-refractivity contribution >= 4 is 38.7 Å². The fourth-order valence-corrected chi connectivity index (χ4v) is 7.48. The fraction of sp³-hybridized carbons (Fsp3) is 0.607. The Hall–Kier alpha value is -2.96. The third-order valence-corrected chi connectivity index (χ3v) is 10.3. The highest BCUT2D eigenvalue weighted by Gasteiger charge is 2.69. The first-order valence-electron chi connectivity index (χ1n) is 13.9. The van der Waals surface area contributed by atoms with E-state index in [1.165, 1.54) is 11.8 Å². The van der Waals surface area contributed by atoms with Gasteiger partial charge in [-0.1, -0.05) is 51.3 Å². The summed E-state index contributed by atoms with van der Waals surface area (Å²) in [5, 5.41) is 16.3. The standard InChI is InChI=1S/C28H38N4O7S/c1-15(27(36)40(37,38)39)29-25(34)23-21-18(28(21,2)3)14-32(23)26(35)22(16-9-5-4-6-10-16)31-24(33)20-13-17-11-7-8-12-19(17)30-20/h7-8,11-13,15-16,18,21-23,27,30,36H,4-6,9-10,14H2,1-3H3,(H,29,34)(H,31,33)(H,37,38,39)/t15-,18-,21-,22-,23-,27?/m0/s1. The number of hydrogen-bond acceptors (Lipinski definition) is 6. The van der Waals surface area contributed by atoms with Crippen molar-refractivity contribution in [2.24, 2.45) is 23.2 Å². The molecule has 0 spiro atoms. The van der Waals surface area contributed by atoms with Crippen LogP contribution < -0.4 is 10.6 Å². The molecule has 2 aromatic rings. The number of amides is 3.